The molecule has 1 unspecified atom stereocenters. The number of hydrogen-bond donors (Lipinski definition) is 1. The standard InChI is InChI=1S/C16H29N3/c1-6-8-14(4)19(5)16-15(9-7-10-18-16)12-17-11-13(2)3/h7,9-10,13-14,17H,6,8,11-12H2,1-5H3. The van der Waals surface area contributed by atoms with Crippen molar-refractivity contribution in [3.05, 3.63) is 23.9 Å². The van der Waals surface area contributed by atoms with E-state index in [1.807, 2.05) is 12.3 Å². The maximum Gasteiger partial charge on any atom is 0.132 e. The summed E-state index contributed by atoms with van der Waals surface area (Å²) in [7, 11) is 2.15. The van der Waals surface area contributed by atoms with Crippen LogP contribution in [0.4, 0.5) is 5.82 Å². The third-order valence-electron chi connectivity index (χ3n) is 3.44. The molecule has 1 aromatic rings. The summed E-state index contributed by atoms with van der Waals surface area (Å²) >= 11 is 0. The Labute approximate surface area is 118 Å². The highest BCUT2D eigenvalue weighted by Crippen LogP contribution is 2.19. The van der Waals surface area contributed by atoms with Crippen LogP contribution in [-0.2, 0) is 6.54 Å². The fourth-order valence-corrected chi connectivity index (χ4v) is 2.20. The van der Waals surface area contributed by atoms with Gasteiger partial charge in [-0.3, -0.25) is 0 Å². The Morgan fingerprint density at radius 1 is 1.32 bits per heavy atom. The lowest BCUT2D eigenvalue weighted by molar-refractivity contribution is 0.549. The Morgan fingerprint density at radius 2 is 2.05 bits per heavy atom. The average molecular weight is 263 g/mol. The first-order chi connectivity index (χ1) is 9.06. The molecule has 0 fully saturated rings. The topological polar surface area (TPSA) is 28.2 Å². The monoisotopic (exact) mass is 263 g/mol. The largest absolute Gasteiger partial charge is 0.357 e. The molecule has 1 N–H and O–H groups in total. The molecule has 0 bridgehead atoms. The molecule has 0 aliphatic carbocycles. The van der Waals surface area contributed by atoms with Gasteiger partial charge in [-0.05, 0) is 31.9 Å². The van der Waals surface area contributed by atoms with Crippen LogP contribution < -0.4 is 10.2 Å². The quantitative estimate of drug-likeness (QED) is 0.778. The van der Waals surface area contributed by atoms with Crippen LogP contribution in [0.2, 0.25) is 0 Å². The van der Waals surface area contributed by atoms with Gasteiger partial charge in [0.05, 0.1) is 0 Å². The normalized spacial score (nSPS) is 12.7. The van der Waals surface area contributed by atoms with Gasteiger partial charge in [0.15, 0.2) is 0 Å². The second-order valence-corrected chi connectivity index (χ2v) is 5.76. The molecule has 1 atom stereocenters. The first kappa shape index (κ1) is 16.0. The van der Waals surface area contributed by atoms with Crippen molar-refractivity contribution in [3.8, 4) is 0 Å². The Morgan fingerprint density at radius 3 is 2.68 bits per heavy atom. The van der Waals surface area contributed by atoms with Gasteiger partial charge in [0.2, 0.25) is 0 Å². The molecule has 1 rings (SSSR count). The summed E-state index contributed by atoms with van der Waals surface area (Å²) < 4.78 is 0. The molecule has 1 heterocycles. The highest BCUT2D eigenvalue weighted by atomic mass is 15.2. The van der Waals surface area contributed by atoms with Crippen LogP contribution in [-0.4, -0.2) is 24.6 Å². The van der Waals surface area contributed by atoms with Gasteiger partial charge in [0, 0.05) is 31.4 Å². The van der Waals surface area contributed by atoms with Gasteiger partial charge >= 0.3 is 0 Å². The number of hydrogen-bond acceptors (Lipinski definition) is 3. The summed E-state index contributed by atoms with van der Waals surface area (Å²) in [6.45, 7) is 10.9. The van der Waals surface area contributed by atoms with E-state index in [2.05, 4.69) is 56.0 Å². The van der Waals surface area contributed by atoms with Crippen molar-refractivity contribution in [2.75, 3.05) is 18.5 Å². The van der Waals surface area contributed by atoms with Crippen molar-refractivity contribution >= 4 is 5.82 Å². The zero-order valence-corrected chi connectivity index (χ0v) is 13.1. The summed E-state index contributed by atoms with van der Waals surface area (Å²) in [5.41, 5.74) is 1.29. The van der Waals surface area contributed by atoms with Crippen LogP contribution in [0.15, 0.2) is 18.3 Å². The lowest BCUT2D eigenvalue weighted by Gasteiger charge is -2.27. The van der Waals surface area contributed by atoms with Gasteiger partial charge in [0.25, 0.3) is 0 Å². The van der Waals surface area contributed by atoms with Gasteiger partial charge in [-0.25, -0.2) is 4.98 Å². The molecule has 0 saturated carbocycles. The summed E-state index contributed by atoms with van der Waals surface area (Å²) in [6.07, 6.45) is 4.29. The highest BCUT2D eigenvalue weighted by molar-refractivity contribution is 5.46. The molecule has 108 valence electrons. The van der Waals surface area contributed by atoms with Crippen LogP contribution in [0, 0.1) is 5.92 Å². The predicted molar refractivity (Wildman–Crippen MR) is 83.6 cm³/mol. The van der Waals surface area contributed by atoms with Crippen molar-refractivity contribution in [2.24, 2.45) is 5.92 Å². The summed E-state index contributed by atoms with van der Waals surface area (Å²) in [4.78, 5) is 6.87. The number of rotatable bonds is 8. The van der Waals surface area contributed by atoms with Crippen LogP contribution in [0.3, 0.4) is 0 Å². The molecule has 0 amide bonds. The van der Waals surface area contributed by atoms with E-state index in [9.17, 15) is 0 Å². The lowest BCUT2D eigenvalue weighted by atomic mass is 10.1. The van der Waals surface area contributed by atoms with E-state index in [0.29, 0.717) is 12.0 Å². The van der Waals surface area contributed by atoms with Crippen molar-refractivity contribution in [2.45, 2.75) is 53.1 Å². The van der Waals surface area contributed by atoms with Crippen molar-refractivity contribution in [3.63, 3.8) is 0 Å². The van der Waals surface area contributed by atoms with E-state index >= 15 is 0 Å². The summed E-state index contributed by atoms with van der Waals surface area (Å²) in [5, 5.41) is 3.50. The van der Waals surface area contributed by atoms with Gasteiger partial charge < -0.3 is 10.2 Å². The van der Waals surface area contributed by atoms with E-state index in [0.717, 1.165) is 18.9 Å². The molecule has 0 aromatic carbocycles. The molecule has 1 aromatic heterocycles. The van der Waals surface area contributed by atoms with Gasteiger partial charge in [0.1, 0.15) is 5.82 Å². The van der Waals surface area contributed by atoms with Crippen molar-refractivity contribution in [1.82, 2.24) is 10.3 Å². The minimum absolute atomic E-state index is 0.531. The third kappa shape index (κ3) is 5.19. The van der Waals surface area contributed by atoms with E-state index in [4.69, 9.17) is 0 Å². The third-order valence-corrected chi connectivity index (χ3v) is 3.44. The van der Waals surface area contributed by atoms with Gasteiger partial charge in [-0.15, -0.1) is 0 Å². The highest BCUT2D eigenvalue weighted by Gasteiger charge is 2.13. The lowest BCUT2D eigenvalue weighted by Crippen LogP contribution is -2.31. The number of pyridine rings is 1. The number of aromatic nitrogens is 1. The maximum absolute atomic E-state index is 4.57. The second-order valence-electron chi connectivity index (χ2n) is 5.76. The predicted octanol–water partition coefficient (Wildman–Crippen LogP) is 3.45. The molecule has 0 radical (unpaired) electrons. The maximum atomic E-state index is 4.57. The molecule has 3 nitrogen and oxygen atoms in total. The molecule has 0 spiro atoms. The molecule has 19 heavy (non-hydrogen) atoms. The van der Waals surface area contributed by atoms with E-state index in [1.165, 1.54) is 18.4 Å². The van der Waals surface area contributed by atoms with Gasteiger partial charge in [-0.2, -0.15) is 0 Å². The van der Waals surface area contributed by atoms with Crippen LogP contribution >= 0.6 is 0 Å². The van der Waals surface area contributed by atoms with E-state index in [-0.39, 0.29) is 0 Å². The zero-order valence-electron chi connectivity index (χ0n) is 13.1. The van der Waals surface area contributed by atoms with E-state index in [1.54, 1.807) is 0 Å². The summed E-state index contributed by atoms with van der Waals surface area (Å²) in [5.74, 6) is 1.79. The van der Waals surface area contributed by atoms with Crippen LogP contribution in [0.25, 0.3) is 0 Å². The Kier molecular flexibility index (Phi) is 6.85. The zero-order chi connectivity index (χ0) is 14.3. The first-order valence-corrected chi connectivity index (χ1v) is 7.43. The minimum atomic E-state index is 0.531. The minimum Gasteiger partial charge on any atom is -0.357 e. The molecule has 0 saturated heterocycles. The molecule has 0 aliphatic rings. The Balaban J connectivity index is 2.71. The molecule has 3 heteroatoms. The van der Waals surface area contributed by atoms with Crippen molar-refractivity contribution in [1.29, 1.82) is 0 Å². The van der Waals surface area contributed by atoms with E-state index < -0.39 is 0 Å². The average Bonchev–Trinajstić information content (AvgIpc) is 2.38. The van der Waals surface area contributed by atoms with Gasteiger partial charge in [-0.1, -0.05) is 33.3 Å². The summed E-state index contributed by atoms with van der Waals surface area (Å²) in [6, 6.07) is 4.72. The Hall–Kier alpha value is -1.09. The van der Waals surface area contributed by atoms with Crippen LogP contribution in [0.5, 0.6) is 0 Å². The van der Waals surface area contributed by atoms with Crippen molar-refractivity contribution < 1.29 is 0 Å². The SMILES string of the molecule is CCCC(C)N(C)c1ncccc1CNCC(C)C. The fourth-order valence-electron chi connectivity index (χ4n) is 2.20. The second kappa shape index (κ2) is 8.16. The molecule has 0 aliphatic heterocycles. The molecular formula is C16H29N3. The number of anilines is 1. The fraction of sp³-hybridized carbons (Fsp3) is 0.688. The van der Waals surface area contributed by atoms with Crippen LogP contribution in [0.1, 0.15) is 46.1 Å². The Bertz CT molecular complexity index is 363. The smallest absolute Gasteiger partial charge is 0.132 e. The first-order valence-electron chi connectivity index (χ1n) is 7.43. The number of nitrogens with one attached hydrogen (secondary N) is 1. The number of nitrogens with zero attached hydrogens (tertiary/aromatic N) is 2. The molecular weight excluding hydrogens is 234 g/mol.